The molecular formula is C22H23FN4O2. The van der Waals surface area contributed by atoms with Gasteiger partial charge in [-0.1, -0.05) is 24.2 Å². The van der Waals surface area contributed by atoms with Crippen molar-refractivity contribution in [3.8, 4) is 11.4 Å². The maximum atomic E-state index is 13.1. The Labute approximate surface area is 168 Å². The minimum Gasteiger partial charge on any atom is -0.337 e. The lowest BCUT2D eigenvalue weighted by Gasteiger charge is -2.33. The summed E-state index contributed by atoms with van der Waals surface area (Å²) < 4.78 is 18.6. The van der Waals surface area contributed by atoms with Crippen molar-refractivity contribution < 1.29 is 13.7 Å². The van der Waals surface area contributed by atoms with Crippen LogP contribution in [0.15, 0.2) is 53.1 Å². The first-order valence-corrected chi connectivity index (χ1v) is 9.90. The molecule has 0 saturated carbocycles. The van der Waals surface area contributed by atoms with Crippen molar-refractivity contribution in [2.45, 2.75) is 38.6 Å². The summed E-state index contributed by atoms with van der Waals surface area (Å²) in [5.74, 6) is 0.475. The maximum Gasteiger partial charge on any atom is 0.322 e. The third-order valence-corrected chi connectivity index (χ3v) is 5.18. The zero-order valence-electron chi connectivity index (χ0n) is 16.3. The highest BCUT2D eigenvalue weighted by molar-refractivity contribution is 5.89. The van der Waals surface area contributed by atoms with Gasteiger partial charge in [0.1, 0.15) is 11.9 Å². The lowest BCUT2D eigenvalue weighted by Crippen LogP contribution is -2.41. The van der Waals surface area contributed by atoms with Gasteiger partial charge in [-0.2, -0.15) is 4.98 Å². The Bertz CT molecular complexity index is 986. The number of piperidine rings is 1. The molecule has 4 rings (SSSR count). The topological polar surface area (TPSA) is 71.3 Å². The zero-order chi connectivity index (χ0) is 20.2. The summed E-state index contributed by atoms with van der Waals surface area (Å²) in [6.45, 7) is 2.70. The van der Waals surface area contributed by atoms with E-state index < -0.39 is 0 Å². The minimum atomic E-state index is -0.320. The molecule has 2 amide bonds. The van der Waals surface area contributed by atoms with Crippen LogP contribution in [-0.4, -0.2) is 27.6 Å². The van der Waals surface area contributed by atoms with Crippen molar-refractivity contribution in [3.63, 3.8) is 0 Å². The van der Waals surface area contributed by atoms with E-state index in [0.717, 1.165) is 31.4 Å². The number of nitrogens with zero attached hydrogens (tertiary/aromatic N) is 3. The standard InChI is InChI=1S/C22H23FN4O2/c1-2-15-6-5-7-18(14-15)24-22(28)27-13-4-3-8-19(27)21-25-20(26-29-21)16-9-11-17(23)12-10-16/h5-7,9-12,14,19H,2-4,8,13H2,1H3,(H,24,28)/t19-/m1/s1. The predicted molar refractivity (Wildman–Crippen MR) is 108 cm³/mol. The van der Waals surface area contributed by atoms with Crippen molar-refractivity contribution in [3.05, 3.63) is 65.8 Å². The highest BCUT2D eigenvalue weighted by Gasteiger charge is 2.32. The number of hydrogen-bond donors (Lipinski definition) is 1. The molecule has 1 aromatic heterocycles. The molecule has 1 saturated heterocycles. The number of benzene rings is 2. The fourth-order valence-electron chi connectivity index (χ4n) is 3.58. The van der Waals surface area contributed by atoms with Crippen LogP contribution in [0.1, 0.15) is 43.7 Å². The van der Waals surface area contributed by atoms with Crippen LogP contribution in [0, 0.1) is 5.82 Å². The monoisotopic (exact) mass is 394 g/mol. The van der Waals surface area contributed by atoms with Crippen molar-refractivity contribution in [1.29, 1.82) is 0 Å². The molecule has 2 heterocycles. The van der Waals surface area contributed by atoms with Gasteiger partial charge in [-0.05, 0) is 67.6 Å². The molecule has 1 atom stereocenters. The molecule has 0 unspecified atom stereocenters. The number of nitrogens with one attached hydrogen (secondary N) is 1. The Morgan fingerprint density at radius 3 is 2.86 bits per heavy atom. The van der Waals surface area contributed by atoms with E-state index in [9.17, 15) is 9.18 Å². The molecule has 150 valence electrons. The van der Waals surface area contributed by atoms with Crippen molar-refractivity contribution in [1.82, 2.24) is 15.0 Å². The van der Waals surface area contributed by atoms with Crippen molar-refractivity contribution in [2.75, 3.05) is 11.9 Å². The third kappa shape index (κ3) is 4.29. The molecule has 0 spiro atoms. The summed E-state index contributed by atoms with van der Waals surface area (Å²) in [5.41, 5.74) is 2.61. The minimum absolute atomic E-state index is 0.176. The van der Waals surface area contributed by atoms with Gasteiger partial charge in [0.2, 0.25) is 11.7 Å². The van der Waals surface area contributed by atoms with Crippen LogP contribution in [-0.2, 0) is 6.42 Å². The summed E-state index contributed by atoms with van der Waals surface area (Å²) in [7, 11) is 0. The molecular weight excluding hydrogens is 371 g/mol. The number of amides is 2. The number of aromatic nitrogens is 2. The van der Waals surface area contributed by atoms with Gasteiger partial charge in [-0.3, -0.25) is 0 Å². The Hall–Kier alpha value is -3.22. The van der Waals surface area contributed by atoms with Crippen LogP contribution in [0.3, 0.4) is 0 Å². The normalized spacial score (nSPS) is 16.6. The SMILES string of the molecule is CCc1cccc(NC(=O)N2CCCC[C@@H]2c2nc(-c3ccc(F)cc3)no2)c1. The smallest absolute Gasteiger partial charge is 0.322 e. The molecule has 1 aliphatic rings. The average molecular weight is 394 g/mol. The number of urea groups is 1. The first-order valence-electron chi connectivity index (χ1n) is 9.90. The molecule has 0 aliphatic carbocycles. The van der Waals surface area contributed by atoms with Crippen molar-refractivity contribution in [2.24, 2.45) is 0 Å². The summed E-state index contributed by atoms with van der Waals surface area (Å²) in [4.78, 5) is 19.2. The van der Waals surface area contributed by atoms with Gasteiger partial charge in [0, 0.05) is 17.8 Å². The van der Waals surface area contributed by atoms with Gasteiger partial charge in [-0.15, -0.1) is 0 Å². The lowest BCUT2D eigenvalue weighted by atomic mass is 10.0. The van der Waals surface area contributed by atoms with Crippen LogP contribution in [0.5, 0.6) is 0 Å². The summed E-state index contributed by atoms with van der Waals surface area (Å²) in [6, 6.07) is 13.3. The molecule has 6 nitrogen and oxygen atoms in total. The molecule has 0 bridgehead atoms. The molecule has 7 heteroatoms. The van der Waals surface area contributed by atoms with Gasteiger partial charge >= 0.3 is 6.03 Å². The van der Waals surface area contributed by atoms with E-state index in [0.29, 0.717) is 23.8 Å². The van der Waals surface area contributed by atoms with Gasteiger partial charge < -0.3 is 14.7 Å². The Balaban J connectivity index is 1.53. The number of carbonyl (C=O) groups excluding carboxylic acids is 1. The number of hydrogen-bond acceptors (Lipinski definition) is 4. The van der Waals surface area contributed by atoms with E-state index >= 15 is 0 Å². The molecule has 2 aromatic carbocycles. The Morgan fingerprint density at radius 2 is 2.07 bits per heavy atom. The van der Waals surface area contributed by atoms with Gasteiger partial charge in [0.15, 0.2) is 0 Å². The second-order valence-electron chi connectivity index (χ2n) is 7.15. The van der Waals surface area contributed by atoms with E-state index in [1.165, 1.54) is 17.7 Å². The number of halogens is 1. The molecule has 1 aliphatic heterocycles. The fraction of sp³-hybridized carbons (Fsp3) is 0.318. The maximum absolute atomic E-state index is 13.1. The summed E-state index contributed by atoms with van der Waals surface area (Å²) >= 11 is 0. The Morgan fingerprint density at radius 1 is 1.24 bits per heavy atom. The van der Waals surface area contributed by atoms with Gasteiger partial charge in [0.25, 0.3) is 0 Å². The molecule has 1 fully saturated rings. The van der Waals surface area contributed by atoms with Crippen LogP contribution in [0.4, 0.5) is 14.9 Å². The largest absolute Gasteiger partial charge is 0.337 e. The molecule has 0 radical (unpaired) electrons. The van der Waals surface area contributed by atoms with E-state index in [4.69, 9.17) is 4.52 Å². The average Bonchev–Trinajstić information content (AvgIpc) is 3.24. The number of aryl methyl sites for hydroxylation is 1. The Kier molecular flexibility index (Phi) is 5.55. The molecule has 29 heavy (non-hydrogen) atoms. The van der Waals surface area contributed by atoms with E-state index in [1.807, 2.05) is 24.3 Å². The summed E-state index contributed by atoms with van der Waals surface area (Å²) in [6.07, 6.45) is 3.57. The number of anilines is 1. The fourth-order valence-corrected chi connectivity index (χ4v) is 3.58. The molecule has 3 aromatic rings. The summed E-state index contributed by atoms with van der Waals surface area (Å²) in [5, 5.41) is 7.01. The number of carbonyl (C=O) groups is 1. The van der Waals surface area contributed by atoms with Crippen molar-refractivity contribution >= 4 is 11.7 Å². The van der Waals surface area contributed by atoms with E-state index in [1.54, 1.807) is 17.0 Å². The third-order valence-electron chi connectivity index (χ3n) is 5.18. The lowest BCUT2D eigenvalue weighted by molar-refractivity contribution is 0.142. The highest BCUT2D eigenvalue weighted by Crippen LogP contribution is 2.31. The van der Waals surface area contributed by atoms with Crippen LogP contribution in [0.25, 0.3) is 11.4 Å². The van der Waals surface area contributed by atoms with Gasteiger partial charge in [0.05, 0.1) is 0 Å². The number of likely N-dealkylation sites (tertiary alicyclic amines) is 1. The molecule has 1 N–H and O–H groups in total. The first kappa shape index (κ1) is 19.1. The van der Waals surface area contributed by atoms with E-state index in [-0.39, 0.29) is 17.9 Å². The van der Waals surface area contributed by atoms with Crippen LogP contribution >= 0.6 is 0 Å². The second-order valence-corrected chi connectivity index (χ2v) is 7.15. The second kappa shape index (κ2) is 8.43. The highest BCUT2D eigenvalue weighted by atomic mass is 19.1. The van der Waals surface area contributed by atoms with Crippen LogP contribution in [0.2, 0.25) is 0 Å². The first-order chi connectivity index (χ1) is 14.1. The van der Waals surface area contributed by atoms with E-state index in [2.05, 4.69) is 22.4 Å². The van der Waals surface area contributed by atoms with Gasteiger partial charge in [-0.25, -0.2) is 9.18 Å². The number of rotatable bonds is 4. The quantitative estimate of drug-likeness (QED) is 0.660. The van der Waals surface area contributed by atoms with Crippen LogP contribution < -0.4 is 5.32 Å². The zero-order valence-corrected chi connectivity index (χ0v) is 16.3. The predicted octanol–water partition coefficient (Wildman–Crippen LogP) is 5.20.